The van der Waals surface area contributed by atoms with Gasteiger partial charge in [0.2, 0.25) is 5.91 Å². The third kappa shape index (κ3) is 6.02. The molecule has 0 unspecified atom stereocenters. The molecule has 0 aliphatic carbocycles. The summed E-state index contributed by atoms with van der Waals surface area (Å²) in [4.78, 5) is 26.8. The number of nitrogens with zero attached hydrogens (tertiary/aromatic N) is 1. The predicted octanol–water partition coefficient (Wildman–Crippen LogP) is 5.58. The van der Waals surface area contributed by atoms with Crippen LogP contribution in [0.3, 0.4) is 0 Å². The molecule has 1 N–H and O–H groups in total. The highest BCUT2D eigenvalue weighted by Crippen LogP contribution is 2.39. The maximum absolute atomic E-state index is 12.5. The minimum absolute atomic E-state index is 0.0886. The van der Waals surface area contributed by atoms with E-state index in [-0.39, 0.29) is 17.2 Å². The minimum atomic E-state index is -0.183. The summed E-state index contributed by atoms with van der Waals surface area (Å²) < 4.78 is 5.59. The van der Waals surface area contributed by atoms with Crippen molar-refractivity contribution in [2.45, 2.75) is 11.9 Å². The Bertz CT molecular complexity index is 1120. The lowest BCUT2D eigenvalue weighted by Crippen LogP contribution is -2.28. The van der Waals surface area contributed by atoms with Crippen molar-refractivity contribution < 1.29 is 14.3 Å². The maximum atomic E-state index is 12.5. The van der Waals surface area contributed by atoms with Crippen LogP contribution in [0.5, 0.6) is 5.75 Å². The van der Waals surface area contributed by atoms with Crippen molar-refractivity contribution in [2.24, 2.45) is 0 Å². The molecule has 1 atom stereocenters. The number of rotatable bonds is 8. The second kappa shape index (κ2) is 11.0. The Labute approximate surface area is 207 Å². The molecule has 4 rings (SSSR count). The summed E-state index contributed by atoms with van der Waals surface area (Å²) in [5.74, 6) is 0.939. The first-order chi connectivity index (χ1) is 16.0. The Morgan fingerprint density at radius 2 is 1.76 bits per heavy atom. The number of amides is 2. The molecule has 8 heteroatoms. The fourth-order valence-electron chi connectivity index (χ4n) is 3.48. The molecule has 170 valence electrons. The Hall–Kier alpha value is -2.67. The molecule has 2 amide bonds. The number of thioether (sulfide) groups is 1. The smallest absolute Gasteiger partial charge is 0.251 e. The number of nitrogens with one attached hydrogen (secondary N) is 1. The fraction of sp³-hybridized carbons (Fsp3) is 0.200. The molecule has 0 spiro atoms. The molecule has 1 fully saturated rings. The zero-order valence-corrected chi connectivity index (χ0v) is 20.0. The van der Waals surface area contributed by atoms with Gasteiger partial charge in [-0.15, -0.1) is 11.8 Å². The van der Waals surface area contributed by atoms with Gasteiger partial charge >= 0.3 is 0 Å². The van der Waals surface area contributed by atoms with Crippen LogP contribution in [0.15, 0.2) is 72.8 Å². The second-order valence-electron chi connectivity index (χ2n) is 7.47. The van der Waals surface area contributed by atoms with Gasteiger partial charge in [-0.2, -0.15) is 0 Å². The monoisotopic (exact) mass is 500 g/mol. The van der Waals surface area contributed by atoms with Crippen molar-refractivity contribution in [1.29, 1.82) is 0 Å². The van der Waals surface area contributed by atoms with Gasteiger partial charge in [0.1, 0.15) is 17.7 Å². The van der Waals surface area contributed by atoms with E-state index in [2.05, 4.69) is 5.32 Å². The molecule has 1 aliphatic rings. The van der Waals surface area contributed by atoms with Gasteiger partial charge in [-0.3, -0.25) is 9.59 Å². The summed E-state index contributed by atoms with van der Waals surface area (Å²) in [5.41, 5.74) is 2.56. The number of hydrogen-bond acceptors (Lipinski definition) is 4. The maximum Gasteiger partial charge on any atom is 0.251 e. The second-order valence-corrected chi connectivity index (χ2v) is 9.38. The quantitative estimate of drug-likeness (QED) is 0.410. The Kier molecular flexibility index (Phi) is 7.81. The van der Waals surface area contributed by atoms with E-state index in [1.807, 2.05) is 53.4 Å². The van der Waals surface area contributed by atoms with Crippen LogP contribution in [-0.4, -0.2) is 35.6 Å². The van der Waals surface area contributed by atoms with E-state index in [4.69, 9.17) is 27.9 Å². The van der Waals surface area contributed by atoms with Gasteiger partial charge < -0.3 is 15.0 Å². The van der Waals surface area contributed by atoms with Crippen LogP contribution < -0.4 is 10.1 Å². The van der Waals surface area contributed by atoms with Gasteiger partial charge in [0, 0.05) is 17.1 Å². The standard InChI is InChI=1S/C25H22Cl2N2O3S/c26-20-11-5-17(6-12-20)15-29-23(30)16-33-25(29)19-9-7-18(8-10-19)24(31)28-13-14-32-22-4-2-1-3-21(22)27/h1-12,25H,13-16H2,(H,28,31)/t25-/m1/s1. The zero-order chi connectivity index (χ0) is 23.2. The topological polar surface area (TPSA) is 58.6 Å². The molecule has 33 heavy (non-hydrogen) atoms. The zero-order valence-electron chi connectivity index (χ0n) is 17.7. The first kappa shape index (κ1) is 23.5. The highest BCUT2D eigenvalue weighted by Gasteiger charge is 2.32. The van der Waals surface area contributed by atoms with E-state index in [0.29, 0.717) is 46.8 Å². The molecule has 1 heterocycles. The highest BCUT2D eigenvalue weighted by atomic mass is 35.5. The number of carbonyl (C=O) groups excluding carboxylic acids is 2. The first-order valence-electron chi connectivity index (χ1n) is 10.4. The number of ether oxygens (including phenoxy) is 1. The molecular formula is C25H22Cl2N2O3S. The van der Waals surface area contributed by atoms with Gasteiger partial charge in [-0.25, -0.2) is 0 Å². The normalized spacial score (nSPS) is 15.5. The molecule has 3 aromatic rings. The third-order valence-corrected chi connectivity index (χ3v) is 6.99. The van der Waals surface area contributed by atoms with Crippen LogP contribution in [0, 0.1) is 0 Å². The summed E-state index contributed by atoms with van der Waals surface area (Å²) in [5, 5.41) is 3.96. The van der Waals surface area contributed by atoms with E-state index in [1.165, 1.54) is 0 Å². The number of carbonyl (C=O) groups is 2. The average molecular weight is 501 g/mol. The molecule has 0 radical (unpaired) electrons. The molecule has 0 aromatic heterocycles. The molecule has 5 nitrogen and oxygen atoms in total. The van der Waals surface area contributed by atoms with Crippen LogP contribution in [0.4, 0.5) is 0 Å². The lowest BCUT2D eigenvalue weighted by molar-refractivity contribution is -0.128. The molecule has 1 saturated heterocycles. The van der Waals surface area contributed by atoms with Crippen molar-refractivity contribution in [3.05, 3.63) is 99.5 Å². The Morgan fingerprint density at radius 1 is 1.03 bits per heavy atom. The first-order valence-corrected chi connectivity index (χ1v) is 12.2. The van der Waals surface area contributed by atoms with Gasteiger partial charge in [0.25, 0.3) is 5.91 Å². The summed E-state index contributed by atoms with van der Waals surface area (Å²) in [6.45, 7) is 1.18. The van der Waals surface area contributed by atoms with E-state index >= 15 is 0 Å². The summed E-state index contributed by atoms with van der Waals surface area (Å²) in [7, 11) is 0. The Morgan fingerprint density at radius 3 is 2.48 bits per heavy atom. The van der Waals surface area contributed by atoms with Crippen molar-refractivity contribution in [1.82, 2.24) is 10.2 Å². The lowest BCUT2D eigenvalue weighted by Gasteiger charge is -2.24. The van der Waals surface area contributed by atoms with Crippen LogP contribution in [0.2, 0.25) is 10.0 Å². The molecule has 0 bridgehead atoms. The van der Waals surface area contributed by atoms with Crippen LogP contribution in [0.25, 0.3) is 0 Å². The SMILES string of the molecule is O=C(NCCOc1ccccc1Cl)c1ccc([C@H]2SCC(=O)N2Cc2ccc(Cl)cc2)cc1. The van der Waals surface area contributed by atoms with Crippen molar-refractivity contribution in [3.8, 4) is 5.75 Å². The lowest BCUT2D eigenvalue weighted by atomic mass is 10.1. The van der Waals surface area contributed by atoms with Crippen LogP contribution in [0.1, 0.15) is 26.9 Å². The number of halogens is 2. The van der Waals surface area contributed by atoms with Gasteiger partial charge in [0.15, 0.2) is 0 Å². The van der Waals surface area contributed by atoms with Crippen LogP contribution in [-0.2, 0) is 11.3 Å². The average Bonchev–Trinajstić information content (AvgIpc) is 3.19. The predicted molar refractivity (Wildman–Crippen MR) is 133 cm³/mol. The van der Waals surface area contributed by atoms with Gasteiger partial charge in [-0.1, -0.05) is 59.6 Å². The van der Waals surface area contributed by atoms with E-state index in [9.17, 15) is 9.59 Å². The van der Waals surface area contributed by atoms with Gasteiger partial charge in [0.05, 0.1) is 17.3 Å². The van der Waals surface area contributed by atoms with E-state index in [1.54, 1.807) is 36.0 Å². The van der Waals surface area contributed by atoms with Crippen molar-refractivity contribution in [3.63, 3.8) is 0 Å². The number of benzene rings is 3. The minimum Gasteiger partial charge on any atom is -0.490 e. The largest absolute Gasteiger partial charge is 0.490 e. The fourth-order valence-corrected chi connectivity index (χ4v) is 4.98. The van der Waals surface area contributed by atoms with Crippen molar-refractivity contribution in [2.75, 3.05) is 18.9 Å². The molecule has 0 saturated carbocycles. The van der Waals surface area contributed by atoms with Crippen molar-refractivity contribution >= 4 is 46.8 Å². The third-order valence-electron chi connectivity index (χ3n) is 5.17. The van der Waals surface area contributed by atoms with Crippen LogP contribution >= 0.6 is 35.0 Å². The number of para-hydroxylation sites is 1. The van der Waals surface area contributed by atoms with E-state index in [0.717, 1.165) is 11.1 Å². The summed E-state index contributed by atoms with van der Waals surface area (Å²) in [6.07, 6.45) is 0. The van der Waals surface area contributed by atoms with E-state index < -0.39 is 0 Å². The summed E-state index contributed by atoms with van der Waals surface area (Å²) >= 11 is 13.6. The van der Waals surface area contributed by atoms with Gasteiger partial charge in [-0.05, 0) is 47.5 Å². The summed E-state index contributed by atoms with van der Waals surface area (Å²) in [6, 6.07) is 22.1. The molecular weight excluding hydrogens is 479 g/mol. The molecule has 1 aliphatic heterocycles. The highest BCUT2D eigenvalue weighted by molar-refractivity contribution is 8.00. The Balaban J connectivity index is 1.32. The number of hydrogen-bond donors (Lipinski definition) is 1. The molecule has 3 aromatic carbocycles.